The molecule has 2 aromatic rings. The SMILES string of the molecule is CCNCCC(C)(C)c1cccc2ccsc12. The average molecular weight is 247 g/mol. The second-order valence-corrected chi connectivity index (χ2v) is 6.05. The third-order valence-corrected chi connectivity index (χ3v) is 4.35. The Kier molecular flexibility index (Phi) is 3.85. The van der Waals surface area contributed by atoms with Crippen molar-refractivity contribution in [2.75, 3.05) is 13.1 Å². The maximum absolute atomic E-state index is 3.42. The third kappa shape index (κ3) is 2.70. The zero-order valence-electron chi connectivity index (χ0n) is 10.9. The van der Waals surface area contributed by atoms with Gasteiger partial charge in [-0.3, -0.25) is 0 Å². The summed E-state index contributed by atoms with van der Waals surface area (Å²) in [7, 11) is 0. The van der Waals surface area contributed by atoms with Gasteiger partial charge in [-0.1, -0.05) is 39.0 Å². The molecular weight excluding hydrogens is 226 g/mol. The van der Waals surface area contributed by atoms with Gasteiger partial charge in [-0.25, -0.2) is 0 Å². The molecule has 1 N–H and O–H groups in total. The van der Waals surface area contributed by atoms with E-state index in [1.165, 1.54) is 22.1 Å². The van der Waals surface area contributed by atoms with Crippen molar-refractivity contribution in [2.45, 2.75) is 32.6 Å². The van der Waals surface area contributed by atoms with Crippen LogP contribution < -0.4 is 5.32 Å². The van der Waals surface area contributed by atoms with Crippen LogP contribution in [-0.4, -0.2) is 13.1 Å². The smallest absolute Gasteiger partial charge is 0.0380 e. The van der Waals surface area contributed by atoms with Crippen molar-refractivity contribution >= 4 is 21.4 Å². The highest BCUT2D eigenvalue weighted by Crippen LogP contribution is 2.35. The van der Waals surface area contributed by atoms with E-state index in [0.717, 1.165) is 13.1 Å². The molecule has 0 fully saturated rings. The Morgan fingerprint density at radius 2 is 2.06 bits per heavy atom. The van der Waals surface area contributed by atoms with Crippen molar-refractivity contribution < 1.29 is 0 Å². The van der Waals surface area contributed by atoms with Crippen molar-refractivity contribution in [3.63, 3.8) is 0 Å². The third-order valence-electron chi connectivity index (χ3n) is 3.38. The van der Waals surface area contributed by atoms with Crippen molar-refractivity contribution in [3.05, 3.63) is 35.2 Å². The summed E-state index contributed by atoms with van der Waals surface area (Å²) < 4.78 is 1.45. The molecule has 0 atom stereocenters. The van der Waals surface area contributed by atoms with Crippen molar-refractivity contribution in [1.82, 2.24) is 5.32 Å². The molecule has 1 heterocycles. The van der Waals surface area contributed by atoms with E-state index in [-0.39, 0.29) is 5.41 Å². The van der Waals surface area contributed by atoms with E-state index in [2.05, 4.69) is 55.7 Å². The Morgan fingerprint density at radius 1 is 1.24 bits per heavy atom. The number of benzene rings is 1. The van der Waals surface area contributed by atoms with Crippen molar-refractivity contribution in [3.8, 4) is 0 Å². The summed E-state index contributed by atoms with van der Waals surface area (Å²) in [5.74, 6) is 0. The summed E-state index contributed by atoms with van der Waals surface area (Å²) in [6.07, 6.45) is 1.18. The fraction of sp³-hybridized carbons (Fsp3) is 0.467. The fourth-order valence-electron chi connectivity index (χ4n) is 2.24. The van der Waals surface area contributed by atoms with Gasteiger partial charge in [0.25, 0.3) is 0 Å². The minimum Gasteiger partial charge on any atom is -0.317 e. The summed E-state index contributed by atoms with van der Waals surface area (Å²) in [6, 6.07) is 8.88. The molecule has 2 rings (SSSR count). The monoisotopic (exact) mass is 247 g/mol. The molecule has 1 nitrogen and oxygen atoms in total. The second-order valence-electron chi connectivity index (χ2n) is 5.13. The predicted octanol–water partition coefficient (Wildman–Crippen LogP) is 4.18. The molecule has 0 unspecified atom stereocenters. The molecule has 92 valence electrons. The van der Waals surface area contributed by atoms with Crippen LogP contribution in [0.5, 0.6) is 0 Å². The molecule has 0 amide bonds. The molecular formula is C15H21NS. The lowest BCUT2D eigenvalue weighted by Gasteiger charge is -2.26. The number of hydrogen-bond acceptors (Lipinski definition) is 2. The van der Waals surface area contributed by atoms with Gasteiger partial charge in [0.15, 0.2) is 0 Å². The average Bonchev–Trinajstić information content (AvgIpc) is 2.76. The standard InChI is InChI=1S/C15H21NS/c1-4-16-10-9-15(2,3)13-7-5-6-12-8-11-17-14(12)13/h5-8,11,16H,4,9-10H2,1-3H3. The minimum absolute atomic E-state index is 0.243. The maximum atomic E-state index is 3.42. The van der Waals surface area contributed by atoms with Crippen LogP contribution in [0.25, 0.3) is 10.1 Å². The van der Waals surface area contributed by atoms with Crippen LogP contribution in [0, 0.1) is 0 Å². The number of fused-ring (bicyclic) bond motifs is 1. The molecule has 0 saturated carbocycles. The molecule has 0 aliphatic heterocycles. The number of hydrogen-bond donors (Lipinski definition) is 1. The fourth-order valence-corrected chi connectivity index (χ4v) is 3.33. The van der Waals surface area contributed by atoms with E-state index in [0.29, 0.717) is 0 Å². The van der Waals surface area contributed by atoms with Gasteiger partial charge in [-0.05, 0) is 47.3 Å². The van der Waals surface area contributed by atoms with Gasteiger partial charge in [0.2, 0.25) is 0 Å². The van der Waals surface area contributed by atoms with E-state index < -0.39 is 0 Å². The van der Waals surface area contributed by atoms with Crippen LogP contribution in [0.1, 0.15) is 32.8 Å². The van der Waals surface area contributed by atoms with Crippen LogP contribution in [0.15, 0.2) is 29.6 Å². The number of rotatable bonds is 5. The van der Waals surface area contributed by atoms with E-state index in [1.54, 1.807) is 0 Å². The van der Waals surface area contributed by atoms with E-state index in [4.69, 9.17) is 0 Å². The molecule has 1 aromatic heterocycles. The zero-order valence-corrected chi connectivity index (χ0v) is 11.7. The largest absolute Gasteiger partial charge is 0.317 e. The molecule has 0 aliphatic rings. The normalized spacial score (nSPS) is 12.2. The van der Waals surface area contributed by atoms with E-state index >= 15 is 0 Å². The van der Waals surface area contributed by atoms with Crippen LogP contribution in [0.3, 0.4) is 0 Å². The lowest BCUT2D eigenvalue weighted by Crippen LogP contribution is -2.25. The van der Waals surface area contributed by atoms with Crippen molar-refractivity contribution in [2.24, 2.45) is 0 Å². The van der Waals surface area contributed by atoms with Gasteiger partial charge in [-0.2, -0.15) is 0 Å². The van der Waals surface area contributed by atoms with E-state index in [9.17, 15) is 0 Å². The Hall–Kier alpha value is -0.860. The van der Waals surface area contributed by atoms with E-state index in [1.807, 2.05) is 11.3 Å². The highest BCUT2D eigenvalue weighted by atomic mass is 32.1. The molecule has 0 spiro atoms. The number of thiophene rings is 1. The molecule has 17 heavy (non-hydrogen) atoms. The summed E-state index contributed by atoms with van der Waals surface area (Å²) in [5, 5.41) is 6.99. The summed E-state index contributed by atoms with van der Waals surface area (Å²) in [5.41, 5.74) is 1.73. The van der Waals surface area contributed by atoms with Crippen LogP contribution in [-0.2, 0) is 5.41 Å². The van der Waals surface area contributed by atoms with Crippen LogP contribution >= 0.6 is 11.3 Å². The Balaban J connectivity index is 2.28. The first-order chi connectivity index (χ1) is 8.15. The topological polar surface area (TPSA) is 12.0 Å². The first kappa shape index (κ1) is 12.6. The Morgan fingerprint density at radius 3 is 2.82 bits per heavy atom. The highest BCUT2D eigenvalue weighted by Gasteiger charge is 2.22. The van der Waals surface area contributed by atoms with Crippen LogP contribution in [0.2, 0.25) is 0 Å². The van der Waals surface area contributed by atoms with Gasteiger partial charge in [0.1, 0.15) is 0 Å². The summed E-state index contributed by atoms with van der Waals surface area (Å²) >= 11 is 1.86. The zero-order chi connectivity index (χ0) is 12.3. The molecule has 0 saturated heterocycles. The van der Waals surface area contributed by atoms with Gasteiger partial charge in [0.05, 0.1) is 0 Å². The Bertz CT molecular complexity index is 484. The summed E-state index contributed by atoms with van der Waals surface area (Å²) in [4.78, 5) is 0. The first-order valence-electron chi connectivity index (χ1n) is 6.32. The predicted molar refractivity (Wildman–Crippen MR) is 78.0 cm³/mol. The van der Waals surface area contributed by atoms with Crippen LogP contribution in [0.4, 0.5) is 0 Å². The highest BCUT2D eigenvalue weighted by molar-refractivity contribution is 7.17. The maximum Gasteiger partial charge on any atom is 0.0380 e. The molecule has 2 heteroatoms. The quantitative estimate of drug-likeness (QED) is 0.782. The van der Waals surface area contributed by atoms with Gasteiger partial charge in [-0.15, -0.1) is 11.3 Å². The summed E-state index contributed by atoms with van der Waals surface area (Å²) in [6.45, 7) is 9.00. The molecule has 1 aromatic carbocycles. The molecule has 0 aliphatic carbocycles. The van der Waals surface area contributed by atoms with Gasteiger partial charge >= 0.3 is 0 Å². The Labute approximate surface area is 108 Å². The molecule has 0 radical (unpaired) electrons. The van der Waals surface area contributed by atoms with Crippen molar-refractivity contribution in [1.29, 1.82) is 0 Å². The minimum atomic E-state index is 0.243. The lowest BCUT2D eigenvalue weighted by molar-refractivity contribution is 0.465. The number of nitrogens with one attached hydrogen (secondary N) is 1. The molecule has 0 bridgehead atoms. The van der Waals surface area contributed by atoms with Gasteiger partial charge < -0.3 is 5.32 Å². The van der Waals surface area contributed by atoms with Gasteiger partial charge in [0, 0.05) is 4.70 Å². The first-order valence-corrected chi connectivity index (χ1v) is 7.20. The second kappa shape index (κ2) is 5.19. The lowest BCUT2D eigenvalue weighted by atomic mass is 9.81.